The number of aryl methyl sites for hydroxylation is 1. The molecule has 2 bridgehead atoms. The number of carbonyl (C=O) groups is 1. The monoisotopic (exact) mass is 374 g/mol. The Labute approximate surface area is 158 Å². The molecule has 0 aliphatic carbocycles. The van der Waals surface area contributed by atoms with Crippen molar-refractivity contribution in [2.24, 2.45) is 0 Å². The van der Waals surface area contributed by atoms with Gasteiger partial charge in [0.25, 0.3) is 0 Å². The minimum absolute atomic E-state index is 0.0714. The number of hydrogen-bond acceptors (Lipinski definition) is 5. The highest BCUT2D eigenvalue weighted by atomic mass is 32.1. The standard InChI is InChI=1S/C19H26N4O2S/c1-11-20-16-9-17(25-4)15(10-18(16)26-11)21-19(24)23(3)14-7-12-5-6-13(8-14)22(12)2/h9-10,12-14H,5-8H2,1-4H3,(H,21,24). The molecule has 1 aromatic heterocycles. The van der Waals surface area contributed by atoms with Gasteiger partial charge in [-0.2, -0.15) is 0 Å². The number of nitrogens with one attached hydrogen (secondary N) is 1. The van der Waals surface area contributed by atoms with Crippen molar-refractivity contribution in [3.05, 3.63) is 17.1 Å². The van der Waals surface area contributed by atoms with E-state index in [1.54, 1.807) is 18.4 Å². The van der Waals surface area contributed by atoms with Crippen molar-refractivity contribution < 1.29 is 9.53 Å². The molecule has 2 aliphatic heterocycles. The van der Waals surface area contributed by atoms with Crippen LogP contribution in [0.15, 0.2) is 12.1 Å². The number of nitrogens with zero attached hydrogens (tertiary/aromatic N) is 3. The van der Waals surface area contributed by atoms with Crippen LogP contribution in [0.3, 0.4) is 0 Å². The molecule has 2 fully saturated rings. The fraction of sp³-hybridized carbons (Fsp3) is 0.579. The number of fused-ring (bicyclic) bond motifs is 3. The normalized spacial score (nSPS) is 25.5. The Hall–Kier alpha value is -1.86. The lowest BCUT2D eigenvalue weighted by molar-refractivity contribution is 0.106. The highest BCUT2D eigenvalue weighted by molar-refractivity contribution is 7.18. The Morgan fingerprint density at radius 2 is 2.04 bits per heavy atom. The van der Waals surface area contributed by atoms with Crippen molar-refractivity contribution in [3.8, 4) is 5.75 Å². The molecule has 7 heteroatoms. The van der Waals surface area contributed by atoms with Crippen molar-refractivity contribution in [2.75, 3.05) is 26.5 Å². The van der Waals surface area contributed by atoms with Gasteiger partial charge in [-0.1, -0.05) is 0 Å². The first-order valence-electron chi connectivity index (χ1n) is 9.17. The molecule has 0 spiro atoms. The van der Waals surface area contributed by atoms with Crippen LogP contribution in [0, 0.1) is 6.92 Å². The molecule has 4 rings (SSSR count). The third-order valence-electron chi connectivity index (χ3n) is 6.00. The van der Waals surface area contributed by atoms with Gasteiger partial charge in [0.05, 0.1) is 28.0 Å². The lowest BCUT2D eigenvalue weighted by Gasteiger charge is -2.40. The first kappa shape index (κ1) is 17.5. The number of amides is 2. The molecule has 6 nitrogen and oxygen atoms in total. The van der Waals surface area contributed by atoms with Crippen molar-refractivity contribution >= 4 is 33.3 Å². The molecule has 140 valence electrons. The minimum Gasteiger partial charge on any atom is -0.494 e. The fourth-order valence-electron chi connectivity index (χ4n) is 4.40. The smallest absolute Gasteiger partial charge is 0.321 e. The summed E-state index contributed by atoms with van der Waals surface area (Å²) in [7, 11) is 5.75. The number of urea groups is 1. The molecule has 0 saturated carbocycles. The Morgan fingerprint density at radius 3 is 2.69 bits per heavy atom. The second-order valence-electron chi connectivity index (χ2n) is 7.47. The first-order valence-corrected chi connectivity index (χ1v) is 9.99. The van der Waals surface area contributed by atoms with E-state index in [-0.39, 0.29) is 6.03 Å². The summed E-state index contributed by atoms with van der Waals surface area (Å²) in [6, 6.07) is 5.30. The van der Waals surface area contributed by atoms with Gasteiger partial charge in [-0.3, -0.25) is 0 Å². The van der Waals surface area contributed by atoms with Gasteiger partial charge >= 0.3 is 6.03 Å². The molecule has 2 atom stereocenters. The molecular formula is C19H26N4O2S. The Bertz CT molecular complexity index is 822. The van der Waals surface area contributed by atoms with Crippen LogP contribution in [0.4, 0.5) is 10.5 Å². The van der Waals surface area contributed by atoms with Gasteiger partial charge in [-0.25, -0.2) is 9.78 Å². The SMILES string of the molecule is COc1cc2nc(C)sc2cc1NC(=O)N(C)C1CC2CCC(C1)N2C. The third kappa shape index (κ3) is 3.03. The quantitative estimate of drug-likeness (QED) is 0.890. The Balaban J connectivity index is 1.51. The highest BCUT2D eigenvalue weighted by Gasteiger charge is 2.40. The molecule has 2 unspecified atom stereocenters. The molecule has 0 radical (unpaired) electrons. The molecule has 2 saturated heterocycles. The first-order chi connectivity index (χ1) is 12.5. The second kappa shape index (κ2) is 6.70. The average molecular weight is 375 g/mol. The summed E-state index contributed by atoms with van der Waals surface area (Å²) in [5.41, 5.74) is 1.61. The number of benzene rings is 1. The molecule has 1 aromatic carbocycles. The van der Waals surface area contributed by atoms with Gasteiger partial charge in [0.15, 0.2) is 0 Å². The van der Waals surface area contributed by atoms with Crippen molar-refractivity contribution in [1.82, 2.24) is 14.8 Å². The molecule has 3 heterocycles. The van der Waals surface area contributed by atoms with Gasteiger partial charge in [0.2, 0.25) is 0 Å². The summed E-state index contributed by atoms with van der Waals surface area (Å²) in [4.78, 5) is 21.7. The van der Waals surface area contributed by atoms with Crippen molar-refractivity contribution in [1.29, 1.82) is 0 Å². The van der Waals surface area contributed by atoms with Crippen LogP contribution in [-0.4, -0.2) is 60.1 Å². The number of anilines is 1. The van der Waals surface area contributed by atoms with E-state index in [2.05, 4.69) is 22.2 Å². The molecule has 2 amide bonds. The number of carbonyl (C=O) groups excluding carboxylic acids is 1. The van der Waals surface area contributed by atoms with Crippen LogP contribution in [-0.2, 0) is 0 Å². The molecule has 26 heavy (non-hydrogen) atoms. The summed E-state index contributed by atoms with van der Waals surface area (Å²) >= 11 is 1.62. The maximum atomic E-state index is 12.9. The van der Waals surface area contributed by atoms with E-state index in [0.29, 0.717) is 29.6 Å². The van der Waals surface area contributed by atoms with Crippen molar-refractivity contribution in [3.63, 3.8) is 0 Å². The topological polar surface area (TPSA) is 57.7 Å². The number of aromatic nitrogens is 1. The molecule has 2 aliphatic rings. The number of ether oxygens (including phenoxy) is 1. The van der Waals surface area contributed by atoms with E-state index < -0.39 is 0 Å². The van der Waals surface area contributed by atoms with E-state index in [1.807, 2.05) is 31.0 Å². The zero-order valence-electron chi connectivity index (χ0n) is 15.8. The maximum absolute atomic E-state index is 12.9. The predicted octanol–water partition coefficient (Wildman–Crippen LogP) is 3.70. The van der Waals surface area contributed by atoms with Gasteiger partial charge in [0, 0.05) is 31.2 Å². The van der Waals surface area contributed by atoms with E-state index >= 15 is 0 Å². The van der Waals surface area contributed by atoms with Crippen LogP contribution < -0.4 is 10.1 Å². The number of hydrogen-bond donors (Lipinski definition) is 1. The minimum atomic E-state index is -0.0714. The largest absolute Gasteiger partial charge is 0.494 e. The van der Waals surface area contributed by atoms with Crippen LogP contribution >= 0.6 is 11.3 Å². The van der Waals surface area contributed by atoms with Gasteiger partial charge < -0.3 is 19.9 Å². The number of piperidine rings is 1. The third-order valence-corrected chi connectivity index (χ3v) is 6.93. The number of methoxy groups -OCH3 is 1. The van der Waals surface area contributed by atoms with E-state index in [9.17, 15) is 4.79 Å². The van der Waals surface area contributed by atoms with Gasteiger partial charge in [0.1, 0.15) is 5.75 Å². The summed E-state index contributed by atoms with van der Waals surface area (Å²) in [6.07, 6.45) is 4.62. The lowest BCUT2D eigenvalue weighted by Crippen LogP contribution is -2.50. The Kier molecular flexibility index (Phi) is 4.52. The summed E-state index contributed by atoms with van der Waals surface area (Å²) in [6.45, 7) is 1.98. The fourth-order valence-corrected chi connectivity index (χ4v) is 5.25. The lowest BCUT2D eigenvalue weighted by atomic mass is 9.97. The number of rotatable bonds is 3. The van der Waals surface area contributed by atoms with Gasteiger partial charge in [-0.05, 0) is 45.7 Å². The van der Waals surface area contributed by atoms with Crippen LogP contribution in [0.2, 0.25) is 0 Å². The molecule has 2 aromatic rings. The van der Waals surface area contributed by atoms with E-state index in [1.165, 1.54) is 12.8 Å². The zero-order chi connectivity index (χ0) is 18.4. The van der Waals surface area contributed by atoms with Crippen LogP contribution in [0.25, 0.3) is 10.2 Å². The Morgan fingerprint density at radius 1 is 1.35 bits per heavy atom. The summed E-state index contributed by atoms with van der Waals surface area (Å²) in [5, 5.41) is 4.05. The van der Waals surface area contributed by atoms with Gasteiger partial charge in [-0.15, -0.1) is 11.3 Å². The molecule has 1 N–H and O–H groups in total. The van der Waals surface area contributed by atoms with Crippen molar-refractivity contribution in [2.45, 2.75) is 50.7 Å². The van der Waals surface area contributed by atoms with E-state index in [0.717, 1.165) is 28.1 Å². The van der Waals surface area contributed by atoms with E-state index in [4.69, 9.17) is 4.74 Å². The zero-order valence-corrected chi connectivity index (χ0v) is 16.6. The molecular weight excluding hydrogens is 348 g/mol. The summed E-state index contributed by atoms with van der Waals surface area (Å²) in [5.74, 6) is 0.646. The van der Waals surface area contributed by atoms with Crippen LogP contribution in [0.5, 0.6) is 5.75 Å². The highest BCUT2D eigenvalue weighted by Crippen LogP contribution is 2.37. The van der Waals surface area contributed by atoms with Crippen LogP contribution in [0.1, 0.15) is 30.7 Å². The maximum Gasteiger partial charge on any atom is 0.321 e. The predicted molar refractivity (Wildman–Crippen MR) is 105 cm³/mol. The second-order valence-corrected chi connectivity index (χ2v) is 8.70. The summed E-state index contributed by atoms with van der Waals surface area (Å²) < 4.78 is 6.53. The number of thiazole rings is 1. The average Bonchev–Trinajstić information content (AvgIpc) is 3.05.